The third-order valence-electron chi connectivity index (χ3n) is 1.79. The fraction of sp³-hybridized carbons (Fsp3) is 1.00. The second kappa shape index (κ2) is 3.91. The molecule has 1 saturated heterocycles. The summed E-state index contributed by atoms with van der Waals surface area (Å²) in [5.74, 6) is 1.36. The smallest absolute Gasteiger partial charge is 0.0207 e. The molecule has 0 nitrogen and oxygen atoms in total. The molecular formula is C8H16S2. The number of hydrogen-bond donors (Lipinski definition) is 0. The van der Waals surface area contributed by atoms with E-state index in [2.05, 4.69) is 35.4 Å². The largest absolute Gasteiger partial charge is 0.0936 e. The maximum Gasteiger partial charge on any atom is 0.0207 e. The van der Waals surface area contributed by atoms with Crippen LogP contribution in [0.2, 0.25) is 0 Å². The summed E-state index contributed by atoms with van der Waals surface area (Å²) in [6, 6.07) is 0. The molecule has 0 N–H and O–H groups in total. The summed E-state index contributed by atoms with van der Waals surface area (Å²) in [6.45, 7) is 4.71. The van der Waals surface area contributed by atoms with Crippen LogP contribution in [0.15, 0.2) is 0 Å². The highest BCUT2D eigenvalue weighted by Crippen LogP contribution is 2.41. The van der Waals surface area contributed by atoms with E-state index in [-0.39, 0.29) is 0 Å². The van der Waals surface area contributed by atoms with Crippen LogP contribution in [0.5, 0.6) is 0 Å². The van der Waals surface area contributed by atoms with Crippen LogP contribution >= 0.6 is 21.6 Å². The maximum absolute atomic E-state index is 2.36. The van der Waals surface area contributed by atoms with Gasteiger partial charge in [-0.1, -0.05) is 34.4 Å². The van der Waals surface area contributed by atoms with Gasteiger partial charge in [0.1, 0.15) is 0 Å². The first-order valence-electron chi connectivity index (χ1n) is 4.01. The van der Waals surface area contributed by atoms with Crippen molar-refractivity contribution in [3.63, 3.8) is 0 Å². The summed E-state index contributed by atoms with van der Waals surface area (Å²) in [6.07, 6.45) is 5.69. The van der Waals surface area contributed by atoms with E-state index in [0.29, 0.717) is 4.75 Å². The molecule has 60 valence electrons. The van der Waals surface area contributed by atoms with Gasteiger partial charge >= 0.3 is 0 Å². The molecule has 1 rings (SSSR count). The fourth-order valence-corrected chi connectivity index (χ4v) is 3.89. The Kier molecular flexibility index (Phi) is 3.44. The first kappa shape index (κ1) is 8.79. The molecule has 0 saturated carbocycles. The van der Waals surface area contributed by atoms with Crippen molar-refractivity contribution >= 4 is 21.6 Å². The molecule has 0 bridgehead atoms. The minimum Gasteiger partial charge on any atom is -0.0936 e. The van der Waals surface area contributed by atoms with E-state index in [1.54, 1.807) is 0 Å². The summed E-state index contributed by atoms with van der Waals surface area (Å²) < 4.78 is 0.533. The third-order valence-corrected chi connectivity index (χ3v) is 5.23. The molecule has 2 heteroatoms. The maximum atomic E-state index is 2.36. The average Bonchev–Trinajstić information content (AvgIpc) is 1.81. The molecule has 0 aromatic rings. The molecule has 1 fully saturated rings. The van der Waals surface area contributed by atoms with Gasteiger partial charge in [0.15, 0.2) is 0 Å². The lowest BCUT2D eigenvalue weighted by Gasteiger charge is -2.24. The van der Waals surface area contributed by atoms with E-state index in [1.807, 2.05) is 0 Å². The van der Waals surface area contributed by atoms with Crippen LogP contribution in [-0.4, -0.2) is 10.5 Å². The van der Waals surface area contributed by atoms with Gasteiger partial charge in [0, 0.05) is 10.5 Å². The van der Waals surface area contributed by atoms with Gasteiger partial charge in [-0.25, -0.2) is 0 Å². The first-order valence-corrected chi connectivity index (χ1v) is 6.33. The van der Waals surface area contributed by atoms with E-state index in [1.165, 1.54) is 31.4 Å². The Hall–Kier alpha value is 0.700. The van der Waals surface area contributed by atoms with Gasteiger partial charge in [-0.15, -0.1) is 0 Å². The van der Waals surface area contributed by atoms with Crippen LogP contribution < -0.4 is 0 Å². The van der Waals surface area contributed by atoms with Crippen molar-refractivity contribution in [1.82, 2.24) is 0 Å². The predicted molar refractivity (Wildman–Crippen MR) is 52.6 cm³/mol. The van der Waals surface area contributed by atoms with Crippen molar-refractivity contribution < 1.29 is 0 Å². The lowest BCUT2D eigenvalue weighted by Crippen LogP contribution is -2.14. The highest BCUT2D eigenvalue weighted by molar-refractivity contribution is 8.77. The van der Waals surface area contributed by atoms with Crippen LogP contribution in [0.25, 0.3) is 0 Å². The molecule has 0 unspecified atom stereocenters. The van der Waals surface area contributed by atoms with Crippen LogP contribution in [-0.2, 0) is 0 Å². The van der Waals surface area contributed by atoms with Gasteiger partial charge in [-0.3, -0.25) is 0 Å². The van der Waals surface area contributed by atoms with Crippen molar-refractivity contribution in [2.45, 2.75) is 44.3 Å². The zero-order valence-corrected chi connectivity index (χ0v) is 8.49. The van der Waals surface area contributed by atoms with Gasteiger partial charge < -0.3 is 0 Å². The Morgan fingerprint density at radius 1 is 1.10 bits per heavy atom. The molecule has 0 amide bonds. The molecule has 10 heavy (non-hydrogen) atoms. The van der Waals surface area contributed by atoms with Crippen LogP contribution in [0.4, 0.5) is 0 Å². The molecule has 0 aromatic carbocycles. The van der Waals surface area contributed by atoms with E-state index < -0.39 is 0 Å². The predicted octanol–water partition coefficient (Wildman–Crippen LogP) is 3.72. The van der Waals surface area contributed by atoms with Gasteiger partial charge in [-0.2, -0.15) is 0 Å². The SMILES string of the molecule is CC1(C)CCCCCSS1. The number of hydrogen-bond acceptors (Lipinski definition) is 2. The molecule has 1 aliphatic rings. The molecular weight excluding hydrogens is 160 g/mol. The zero-order valence-electron chi connectivity index (χ0n) is 6.85. The van der Waals surface area contributed by atoms with E-state index in [9.17, 15) is 0 Å². The molecule has 1 heterocycles. The van der Waals surface area contributed by atoms with Gasteiger partial charge in [0.25, 0.3) is 0 Å². The van der Waals surface area contributed by atoms with Gasteiger partial charge in [-0.05, 0) is 26.7 Å². The van der Waals surface area contributed by atoms with Crippen molar-refractivity contribution in [2.24, 2.45) is 0 Å². The summed E-state index contributed by atoms with van der Waals surface area (Å²) >= 11 is 0. The number of rotatable bonds is 0. The van der Waals surface area contributed by atoms with Gasteiger partial charge in [0.05, 0.1) is 0 Å². The fourth-order valence-electron chi connectivity index (χ4n) is 1.13. The lowest BCUT2D eigenvalue weighted by molar-refractivity contribution is 0.575. The normalized spacial score (nSPS) is 27.0. The molecule has 0 radical (unpaired) electrons. The molecule has 0 aromatic heterocycles. The minimum absolute atomic E-state index is 0.533. The Morgan fingerprint density at radius 3 is 2.70 bits per heavy atom. The van der Waals surface area contributed by atoms with Crippen molar-refractivity contribution in [3.05, 3.63) is 0 Å². The van der Waals surface area contributed by atoms with E-state index >= 15 is 0 Å². The van der Waals surface area contributed by atoms with Crippen LogP contribution in [0, 0.1) is 0 Å². The monoisotopic (exact) mass is 176 g/mol. The molecule has 0 spiro atoms. The Balaban J connectivity index is 2.30. The van der Waals surface area contributed by atoms with Gasteiger partial charge in [0.2, 0.25) is 0 Å². The average molecular weight is 176 g/mol. The summed E-state index contributed by atoms with van der Waals surface area (Å²) in [4.78, 5) is 0. The standard InChI is InChI=1S/C8H16S2/c1-8(2)6-4-3-5-7-9-10-8/h3-7H2,1-2H3. The van der Waals surface area contributed by atoms with E-state index in [0.717, 1.165) is 0 Å². The summed E-state index contributed by atoms with van der Waals surface area (Å²) in [5.41, 5.74) is 0. The Morgan fingerprint density at radius 2 is 1.90 bits per heavy atom. The molecule has 0 atom stereocenters. The Bertz CT molecular complexity index is 89.4. The molecule has 1 aliphatic heterocycles. The second-order valence-corrected chi connectivity index (χ2v) is 6.60. The summed E-state index contributed by atoms with van der Waals surface area (Å²) in [7, 11) is 4.12. The Labute approximate surface area is 71.9 Å². The van der Waals surface area contributed by atoms with Crippen molar-refractivity contribution in [1.29, 1.82) is 0 Å². The lowest BCUT2D eigenvalue weighted by atomic mass is 10.0. The zero-order chi connectivity index (χ0) is 7.45. The van der Waals surface area contributed by atoms with Crippen LogP contribution in [0.3, 0.4) is 0 Å². The highest BCUT2D eigenvalue weighted by atomic mass is 33.1. The molecule has 0 aliphatic carbocycles. The van der Waals surface area contributed by atoms with E-state index in [4.69, 9.17) is 0 Å². The minimum atomic E-state index is 0.533. The first-order chi connectivity index (χ1) is 4.71. The highest BCUT2D eigenvalue weighted by Gasteiger charge is 2.19. The van der Waals surface area contributed by atoms with Crippen LogP contribution in [0.1, 0.15) is 39.5 Å². The van der Waals surface area contributed by atoms with Crippen molar-refractivity contribution in [2.75, 3.05) is 5.75 Å². The summed E-state index contributed by atoms with van der Waals surface area (Å²) in [5, 5.41) is 0. The third kappa shape index (κ3) is 3.20. The quantitative estimate of drug-likeness (QED) is 0.516. The second-order valence-electron chi connectivity index (χ2n) is 3.48. The topological polar surface area (TPSA) is 0 Å². The van der Waals surface area contributed by atoms with Crippen molar-refractivity contribution in [3.8, 4) is 0 Å².